The van der Waals surface area contributed by atoms with Crippen molar-refractivity contribution >= 4 is 11.4 Å². The maximum Gasteiger partial charge on any atom is 0.0701 e. The topological polar surface area (TPSA) is 12.0 Å². The van der Waals surface area contributed by atoms with Gasteiger partial charge in [0.15, 0.2) is 0 Å². The lowest BCUT2D eigenvalue weighted by molar-refractivity contribution is 0.745. The SMILES string of the molecule is c1ccc(Nc2ccc(C(c3ccccc3)(c3ccccc3)c3ccccc3)cc2)cc1. The maximum absolute atomic E-state index is 3.50. The summed E-state index contributed by atoms with van der Waals surface area (Å²) >= 11 is 0. The van der Waals surface area contributed by atoms with Gasteiger partial charge in [-0.2, -0.15) is 0 Å². The molecule has 5 aromatic carbocycles. The van der Waals surface area contributed by atoms with Gasteiger partial charge < -0.3 is 5.32 Å². The Bertz CT molecular complexity index is 1150. The van der Waals surface area contributed by atoms with Crippen molar-refractivity contribution in [1.82, 2.24) is 0 Å². The van der Waals surface area contributed by atoms with Gasteiger partial charge >= 0.3 is 0 Å². The molecule has 1 heteroatoms. The fourth-order valence-corrected chi connectivity index (χ4v) is 4.56. The fraction of sp³-hybridized carbons (Fsp3) is 0.0323. The van der Waals surface area contributed by atoms with Gasteiger partial charge in [0.2, 0.25) is 0 Å². The van der Waals surface area contributed by atoms with Crippen LogP contribution < -0.4 is 5.32 Å². The van der Waals surface area contributed by atoms with Crippen LogP contribution in [0.25, 0.3) is 0 Å². The lowest BCUT2D eigenvalue weighted by Crippen LogP contribution is -2.30. The molecular formula is C31H25N. The van der Waals surface area contributed by atoms with Gasteiger partial charge in [-0.15, -0.1) is 0 Å². The number of rotatable bonds is 6. The highest BCUT2D eigenvalue weighted by atomic mass is 14.9. The van der Waals surface area contributed by atoms with Crippen LogP contribution in [0, 0.1) is 0 Å². The average Bonchev–Trinajstić information content (AvgIpc) is 2.88. The molecule has 32 heavy (non-hydrogen) atoms. The van der Waals surface area contributed by atoms with Crippen LogP contribution >= 0.6 is 0 Å². The highest BCUT2D eigenvalue weighted by Crippen LogP contribution is 2.45. The lowest BCUT2D eigenvalue weighted by atomic mass is 9.65. The summed E-state index contributed by atoms with van der Waals surface area (Å²) in [5.74, 6) is 0. The smallest absolute Gasteiger partial charge is 0.0701 e. The molecule has 0 aliphatic rings. The molecule has 0 aromatic heterocycles. The van der Waals surface area contributed by atoms with Gasteiger partial charge in [-0.3, -0.25) is 0 Å². The Morgan fingerprint density at radius 1 is 0.312 bits per heavy atom. The summed E-state index contributed by atoms with van der Waals surface area (Å²) in [6.07, 6.45) is 0. The third kappa shape index (κ3) is 3.70. The number of nitrogens with one attached hydrogen (secondary N) is 1. The van der Waals surface area contributed by atoms with E-state index in [1.165, 1.54) is 22.3 Å². The first-order valence-corrected chi connectivity index (χ1v) is 11.0. The van der Waals surface area contributed by atoms with Crippen molar-refractivity contribution in [2.75, 3.05) is 5.32 Å². The number of hydrogen-bond acceptors (Lipinski definition) is 1. The van der Waals surface area contributed by atoms with E-state index in [2.05, 4.69) is 133 Å². The molecule has 154 valence electrons. The Kier molecular flexibility index (Phi) is 5.55. The van der Waals surface area contributed by atoms with Crippen LogP contribution in [0.5, 0.6) is 0 Å². The molecule has 0 amide bonds. The van der Waals surface area contributed by atoms with Crippen LogP contribution in [0.15, 0.2) is 146 Å². The molecule has 0 heterocycles. The molecule has 1 nitrogen and oxygen atoms in total. The monoisotopic (exact) mass is 411 g/mol. The van der Waals surface area contributed by atoms with Crippen LogP contribution in [0.2, 0.25) is 0 Å². The van der Waals surface area contributed by atoms with E-state index in [1.54, 1.807) is 0 Å². The minimum atomic E-state index is -0.408. The van der Waals surface area contributed by atoms with Crippen LogP contribution in [-0.2, 0) is 5.41 Å². The second kappa shape index (κ2) is 8.95. The van der Waals surface area contributed by atoms with Crippen molar-refractivity contribution < 1.29 is 0 Å². The largest absolute Gasteiger partial charge is 0.356 e. The second-order valence-corrected chi connectivity index (χ2v) is 7.92. The minimum absolute atomic E-state index is 0.408. The molecule has 0 aliphatic heterocycles. The van der Waals surface area contributed by atoms with E-state index in [9.17, 15) is 0 Å². The van der Waals surface area contributed by atoms with Gasteiger partial charge in [-0.05, 0) is 46.5 Å². The molecule has 0 fully saturated rings. The van der Waals surface area contributed by atoms with E-state index in [4.69, 9.17) is 0 Å². The van der Waals surface area contributed by atoms with E-state index in [1.807, 2.05) is 18.2 Å². The van der Waals surface area contributed by atoms with Gasteiger partial charge in [-0.25, -0.2) is 0 Å². The summed E-state index contributed by atoms with van der Waals surface area (Å²) in [5, 5.41) is 3.50. The van der Waals surface area contributed by atoms with Gasteiger partial charge in [0.05, 0.1) is 5.41 Å². The van der Waals surface area contributed by atoms with E-state index in [0.29, 0.717) is 0 Å². The third-order valence-corrected chi connectivity index (χ3v) is 6.00. The molecule has 0 aliphatic carbocycles. The van der Waals surface area contributed by atoms with Crippen molar-refractivity contribution in [3.63, 3.8) is 0 Å². The Hall–Kier alpha value is -4.10. The summed E-state index contributed by atoms with van der Waals surface area (Å²) in [5.41, 5.74) is 6.74. The Balaban J connectivity index is 1.70. The minimum Gasteiger partial charge on any atom is -0.356 e. The van der Waals surface area contributed by atoms with Gasteiger partial charge in [0.1, 0.15) is 0 Å². The lowest BCUT2D eigenvalue weighted by Gasteiger charge is -2.37. The van der Waals surface area contributed by atoms with Crippen molar-refractivity contribution in [2.45, 2.75) is 5.41 Å². The summed E-state index contributed by atoms with van der Waals surface area (Å²) < 4.78 is 0. The number of anilines is 2. The first-order valence-electron chi connectivity index (χ1n) is 11.0. The molecule has 5 rings (SSSR count). The Labute approximate surface area is 190 Å². The Morgan fingerprint density at radius 3 is 1.03 bits per heavy atom. The van der Waals surface area contributed by atoms with Gasteiger partial charge in [-0.1, -0.05) is 121 Å². The molecule has 1 N–H and O–H groups in total. The quantitative estimate of drug-likeness (QED) is 0.281. The molecule has 0 radical (unpaired) electrons. The van der Waals surface area contributed by atoms with Gasteiger partial charge in [0, 0.05) is 11.4 Å². The van der Waals surface area contributed by atoms with Gasteiger partial charge in [0.25, 0.3) is 0 Å². The molecular weight excluding hydrogens is 386 g/mol. The van der Waals surface area contributed by atoms with Crippen molar-refractivity contribution in [3.8, 4) is 0 Å². The predicted molar refractivity (Wildman–Crippen MR) is 134 cm³/mol. The molecule has 0 spiro atoms. The zero-order valence-corrected chi connectivity index (χ0v) is 17.9. The van der Waals surface area contributed by atoms with Crippen molar-refractivity contribution in [1.29, 1.82) is 0 Å². The number of para-hydroxylation sites is 1. The predicted octanol–water partition coefficient (Wildman–Crippen LogP) is 7.81. The molecule has 0 atom stereocenters. The Morgan fingerprint density at radius 2 is 0.625 bits per heavy atom. The van der Waals surface area contributed by atoms with E-state index in [0.717, 1.165) is 11.4 Å². The molecule has 0 saturated heterocycles. The average molecular weight is 412 g/mol. The second-order valence-electron chi connectivity index (χ2n) is 7.92. The maximum atomic E-state index is 3.50. The van der Waals surface area contributed by atoms with Crippen molar-refractivity contribution in [2.24, 2.45) is 0 Å². The zero-order valence-electron chi connectivity index (χ0n) is 17.9. The molecule has 0 bridgehead atoms. The molecule has 0 unspecified atom stereocenters. The fourth-order valence-electron chi connectivity index (χ4n) is 4.56. The first-order chi connectivity index (χ1) is 15.9. The van der Waals surface area contributed by atoms with Crippen LogP contribution in [0.4, 0.5) is 11.4 Å². The van der Waals surface area contributed by atoms with Crippen LogP contribution in [0.3, 0.4) is 0 Å². The zero-order chi connectivity index (χ0) is 21.6. The highest BCUT2D eigenvalue weighted by molar-refractivity contribution is 5.64. The first kappa shape index (κ1) is 19.8. The van der Waals surface area contributed by atoms with E-state index in [-0.39, 0.29) is 0 Å². The number of benzene rings is 5. The summed E-state index contributed by atoms with van der Waals surface area (Å²) in [6, 6.07) is 51.5. The van der Waals surface area contributed by atoms with Crippen LogP contribution in [-0.4, -0.2) is 0 Å². The van der Waals surface area contributed by atoms with E-state index < -0.39 is 5.41 Å². The molecule has 0 saturated carbocycles. The highest BCUT2D eigenvalue weighted by Gasteiger charge is 2.37. The van der Waals surface area contributed by atoms with Crippen molar-refractivity contribution in [3.05, 3.63) is 168 Å². The third-order valence-electron chi connectivity index (χ3n) is 6.00. The van der Waals surface area contributed by atoms with E-state index >= 15 is 0 Å². The summed E-state index contributed by atoms with van der Waals surface area (Å²) in [4.78, 5) is 0. The number of hydrogen-bond donors (Lipinski definition) is 1. The summed E-state index contributed by atoms with van der Waals surface area (Å²) in [7, 11) is 0. The normalized spacial score (nSPS) is 11.1. The van der Waals surface area contributed by atoms with Crippen LogP contribution in [0.1, 0.15) is 22.3 Å². The molecule has 5 aromatic rings. The standard InChI is InChI=1S/C31H25N/c1-5-13-25(14-6-1)31(26-15-7-2-8-16-26,27-17-9-3-10-18-27)28-21-23-30(24-22-28)32-29-19-11-4-12-20-29/h1-24,32H. The summed E-state index contributed by atoms with van der Waals surface area (Å²) in [6.45, 7) is 0.